The van der Waals surface area contributed by atoms with Gasteiger partial charge in [0.05, 0.1) is 5.02 Å². The summed E-state index contributed by atoms with van der Waals surface area (Å²) >= 11 is 5.84. The van der Waals surface area contributed by atoms with Gasteiger partial charge in [-0.15, -0.1) is 0 Å². The van der Waals surface area contributed by atoms with E-state index in [0.717, 1.165) is 5.56 Å². The second-order valence-electron chi connectivity index (χ2n) is 4.74. The molecule has 0 radical (unpaired) electrons. The Morgan fingerprint density at radius 2 is 1.87 bits per heavy atom. The van der Waals surface area contributed by atoms with E-state index in [1.165, 1.54) is 0 Å². The van der Waals surface area contributed by atoms with Gasteiger partial charge in [-0.3, -0.25) is 0 Å². The second kappa shape index (κ2) is 4.11. The smallest absolute Gasteiger partial charge is 0.145 e. The van der Waals surface area contributed by atoms with E-state index in [1.54, 1.807) is 12.1 Å². The molecule has 0 saturated carbocycles. The van der Waals surface area contributed by atoms with Crippen LogP contribution in [0.2, 0.25) is 5.02 Å². The predicted molar refractivity (Wildman–Crippen MR) is 62.7 cm³/mol. The maximum atomic E-state index is 13.6. The third-order valence-corrected chi connectivity index (χ3v) is 2.70. The molecule has 1 nitrogen and oxygen atoms in total. The summed E-state index contributed by atoms with van der Waals surface area (Å²) in [5.41, 5.74) is 6.94. The van der Waals surface area contributed by atoms with Gasteiger partial charge in [0.2, 0.25) is 0 Å². The third-order valence-electron chi connectivity index (χ3n) is 2.42. The van der Waals surface area contributed by atoms with E-state index >= 15 is 0 Å². The van der Waals surface area contributed by atoms with Gasteiger partial charge >= 0.3 is 0 Å². The van der Waals surface area contributed by atoms with Crippen molar-refractivity contribution in [2.45, 2.75) is 39.2 Å². The van der Waals surface area contributed by atoms with Crippen molar-refractivity contribution in [1.29, 1.82) is 0 Å². The summed E-state index contributed by atoms with van der Waals surface area (Å²) in [5, 5.41) is 0.148. The van der Waals surface area contributed by atoms with Crippen LogP contribution in [0.15, 0.2) is 12.1 Å². The van der Waals surface area contributed by atoms with Crippen molar-refractivity contribution in [2.24, 2.45) is 5.73 Å². The summed E-state index contributed by atoms with van der Waals surface area (Å²) in [4.78, 5) is 0. The minimum absolute atomic E-state index is 0.102. The highest BCUT2D eigenvalue weighted by atomic mass is 35.5. The van der Waals surface area contributed by atoms with Crippen LogP contribution >= 0.6 is 11.6 Å². The summed E-state index contributed by atoms with van der Waals surface area (Å²) in [7, 11) is 0. The lowest BCUT2D eigenvalue weighted by Crippen LogP contribution is -2.29. The van der Waals surface area contributed by atoms with Crippen LogP contribution in [0.3, 0.4) is 0 Å². The molecule has 3 heteroatoms. The highest BCUT2D eigenvalue weighted by Gasteiger charge is 2.19. The van der Waals surface area contributed by atoms with E-state index in [2.05, 4.69) is 0 Å². The fourth-order valence-electron chi connectivity index (χ4n) is 1.40. The average molecular weight is 230 g/mol. The Bertz CT molecular complexity index is 367. The largest absolute Gasteiger partial charge is 0.322 e. The van der Waals surface area contributed by atoms with Crippen LogP contribution in [0.5, 0.6) is 0 Å². The average Bonchev–Trinajstić information content (AvgIpc) is 2.06. The second-order valence-corrected chi connectivity index (χ2v) is 5.14. The zero-order chi connectivity index (χ0) is 11.8. The van der Waals surface area contributed by atoms with E-state index in [-0.39, 0.29) is 16.8 Å². The van der Waals surface area contributed by atoms with Crippen molar-refractivity contribution >= 4 is 11.6 Å². The van der Waals surface area contributed by atoms with Gasteiger partial charge in [0.15, 0.2) is 0 Å². The number of benzene rings is 1. The molecular weight excluding hydrogens is 213 g/mol. The van der Waals surface area contributed by atoms with Crippen LogP contribution in [-0.4, -0.2) is 0 Å². The van der Waals surface area contributed by atoms with Crippen molar-refractivity contribution in [2.75, 3.05) is 0 Å². The molecule has 0 saturated heterocycles. The molecule has 0 aliphatic heterocycles. The van der Waals surface area contributed by atoms with Gasteiger partial charge in [-0.2, -0.15) is 0 Å². The van der Waals surface area contributed by atoms with Crippen LogP contribution < -0.4 is 5.73 Å². The molecule has 1 rings (SSSR count). The lowest BCUT2D eigenvalue weighted by atomic mass is 9.91. The van der Waals surface area contributed by atoms with Crippen molar-refractivity contribution in [3.05, 3.63) is 34.1 Å². The molecule has 0 atom stereocenters. The van der Waals surface area contributed by atoms with Gasteiger partial charge in [-0.1, -0.05) is 31.5 Å². The first-order valence-electron chi connectivity index (χ1n) is 5.01. The van der Waals surface area contributed by atoms with Crippen molar-refractivity contribution < 1.29 is 4.39 Å². The molecule has 1 aromatic rings. The Balaban J connectivity index is 3.36. The molecule has 0 heterocycles. The van der Waals surface area contributed by atoms with E-state index in [4.69, 9.17) is 17.3 Å². The molecule has 0 aliphatic carbocycles. The molecule has 15 heavy (non-hydrogen) atoms. The topological polar surface area (TPSA) is 26.0 Å². The molecule has 0 bridgehead atoms. The quantitative estimate of drug-likeness (QED) is 0.820. The minimum atomic E-state index is -0.499. The molecule has 0 aromatic heterocycles. The lowest BCUT2D eigenvalue weighted by molar-refractivity contribution is 0.545. The summed E-state index contributed by atoms with van der Waals surface area (Å²) in [6, 6.07) is 3.40. The summed E-state index contributed by atoms with van der Waals surface area (Å²) in [6.45, 7) is 7.62. The molecule has 1 aromatic carbocycles. The Morgan fingerprint density at radius 3 is 2.27 bits per heavy atom. The first-order chi connectivity index (χ1) is 6.73. The van der Waals surface area contributed by atoms with Crippen molar-refractivity contribution in [1.82, 2.24) is 0 Å². The molecule has 2 N–H and O–H groups in total. The summed E-state index contributed by atoms with van der Waals surface area (Å²) in [5.74, 6) is -0.232. The SMILES string of the molecule is CC(C)c1cc(C(C)(C)N)cc(Cl)c1F. The lowest BCUT2D eigenvalue weighted by Gasteiger charge is -2.21. The highest BCUT2D eigenvalue weighted by molar-refractivity contribution is 6.30. The van der Waals surface area contributed by atoms with E-state index in [9.17, 15) is 4.39 Å². The van der Waals surface area contributed by atoms with Crippen LogP contribution in [-0.2, 0) is 5.54 Å². The molecule has 0 aliphatic rings. The molecule has 84 valence electrons. The first-order valence-corrected chi connectivity index (χ1v) is 5.39. The van der Waals surface area contributed by atoms with E-state index in [1.807, 2.05) is 27.7 Å². The van der Waals surface area contributed by atoms with Crippen LogP contribution in [0.25, 0.3) is 0 Å². The zero-order valence-corrected chi connectivity index (χ0v) is 10.3. The summed E-state index contributed by atoms with van der Waals surface area (Å²) < 4.78 is 13.6. The maximum Gasteiger partial charge on any atom is 0.145 e. The van der Waals surface area contributed by atoms with Gasteiger partial charge in [-0.25, -0.2) is 4.39 Å². The number of hydrogen-bond donors (Lipinski definition) is 1. The van der Waals surface area contributed by atoms with Crippen LogP contribution in [0, 0.1) is 5.82 Å². The van der Waals surface area contributed by atoms with Gasteiger partial charge in [0.25, 0.3) is 0 Å². The normalized spacial score (nSPS) is 12.3. The fraction of sp³-hybridized carbons (Fsp3) is 0.500. The van der Waals surface area contributed by atoms with Gasteiger partial charge in [0, 0.05) is 5.54 Å². The number of hydrogen-bond acceptors (Lipinski definition) is 1. The Kier molecular flexibility index (Phi) is 3.41. The number of nitrogens with two attached hydrogens (primary N) is 1. The monoisotopic (exact) mass is 229 g/mol. The van der Waals surface area contributed by atoms with E-state index in [0.29, 0.717) is 5.56 Å². The third kappa shape index (κ3) is 2.70. The Hall–Kier alpha value is -0.600. The number of rotatable bonds is 2. The zero-order valence-electron chi connectivity index (χ0n) is 9.57. The molecule has 0 fully saturated rings. The standard InChI is InChI=1S/C12H17ClFN/c1-7(2)9-5-8(12(3,4)15)6-10(13)11(9)14/h5-7H,15H2,1-4H3. The number of halogens is 2. The molecule has 0 spiro atoms. The van der Waals surface area contributed by atoms with Crippen molar-refractivity contribution in [3.63, 3.8) is 0 Å². The Labute approximate surface area is 95.4 Å². The van der Waals surface area contributed by atoms with Gasteiger partial charge in [0.1, 0.15) is 5.82 Å². The van der Waals surface area contributed by atoms with Gasteiger partial charge in [-0.05, 0) is 37.0 Å². The first kappa shape index (κ1) is 12.5. The van der Waals surface area contributed by atoms with Crippen molar-refractivity contribution in [3.8, 4) is 0 Å². The minimum Gasteiger partial charge on any atom is -0.322 e. The molecule has 0 amide bonds. The summed E-state index contributed by atoms with van der Waals surface area (Å²) in [6.07, 6.45) is 0. The van der Waals surface area contributed by atoms with Gasteiger partial charge < -0.3 is 5.73 Å². The molecule has 0 unspecified atom stereocenters. The maximum absolute atomic E-state index is 13.6. The van der Waals surface area contributed by atoms with Crippen LogP contribution in [0.1, 0.15) is 44.7 Å². The Morgan fingerprint density at radius 1 is 1.33 bits per heavy atom. The fourth-order valence-corrected chi connectivity index (χ4v) is 1.63. The van der Waals surface area contributed by atoms with E-state index < -0.39 is 5.54 Å². The molecular formula is C12H17ClFN. The predicted octanol–water partition coefficient (Wildman–Crippen LogP) is 3.80. The highest BCUT2D eigenvalue weighted by Crippen LogP contribution is 2.30. The van der Waals surface area contributed by atoms with Crippen LogP contribution in [0.4, 0.5) is 4.39 Å².